The largest absolute Gasteiger partial charge is 0.338 e. The van der Waals surface area contributed by atoms with Gasteiger partial charge in [0.25, 0.3) is 0 Å². The van der Waals surface area contributed by atoms with Crippen LogP contribution in [0.25, 0.3) is 0 Å². The SMILES string of the molecule is Cc1ccc(NC(=O)CNCCc2nccn2C)cc1. The number of carbonyl (C=O) groups excluding carboxylic acids is 1. The fourth-order valence-corrected chi connectivity index (χ4v) is 1.88. The predicted octanol–water partition coefficient (Wildman–Crippen LogP) is 1.50. The van der Waals surface area contributed by atoms with Crippen molar-refractivity contribution < 1.29 is 4.79 Å². The second-order valence-electron chi connectivity index (χ2n) is 4.80. The molecule has 0 saturated heterocycles. The molecule has 5 heteroatoms. The Morgan fingerprint density at radius 2 is 2.05 bits per heavy atom. The van der Waals surface area contributed by atoms with Gasteiger partial charge in [-0.2, -0.15) is 0 Å². The highest BCUT2D eigenvalue weighted by Crippen LogP contribution is 2.07. The molecule has 0 spiro atoms. The van der Waals surface area contributed by atoms with E-state index in [1.807, 2.05) is 49.0 Å². The van der Waals surface area contributed by atoms with Crippen molar-refractivity contribution in [3.8, 4) is 0 Å². The summed E-state index contributed by atoms with van der Waals surface area (Å²) in [4.78, 5) is 16.0. The average Bonchev–Trinajstić information content (AvgIpc) is 2.83. The first kappa shape index (κ1) is 14.3. The number of anilines is 1. The lowest BCUT2D eigenvalue weighted by molar-refractivity contribution is -0.115. The molecule has 1 amide bonds. The standard InChI is InChI=1S/C15H20N4O/c1-12-3-5-13(6-4-12)18-15(20)11-16-8-7-14-17-9-10-19(14)2/h3-6,9-10,16H,7-8,11H2,1-2H3,(H,18,20). The van der Waals surface area contributed by atoms with Gasteiger partial charge in [-0.3, -0.25) is 4.79 Å². The Kier molecular flexibility index (Phi) is 4.90. The molecule has 0 unspecified atom stereocenters. The van der Waals surface area contributed by atoms with Crippen molar-refractivity contribution >= 4 is 11.6 Å². The third kappa shape index (κ3) is 4.20. The van der Waals surface area contributed by atoms with Gasteiger partial charge in [0.05, 0.1) is 6.54 Å². The van der Waals surface area contributed by atoms with Crippen molar-refractivity contribution in [1.29, 1.82) is 0 Å². The summed E-state index contributed by atoms with van der Waals surface area (Å²) in [6.07, 6.45) is 4.50. The van der Waals surface area contributed by atoms with E-state index >= 15 is 0 Å². The van der Waals surface area contributed by atoms with E-state index < -0.39 is 0 Å². The second-order valence-corrected chi connectivity index (χ2v) is 4.80. The Bertz CT molecular complexity index is 560. The maximum Gasteiger partial charge on any atom is 0.238 e. The number of rotatable bonds is 6. The van der Waals surface area contributed by atoms with Crippen molar-refractivity contribution in [3.05, 3.63) is 48.0 Å². The van der Waals surface area contributed by atoms with Crippen LogP contribution < -0.4 is 10.6 Å². The van der Waals surface area contributed by atoms with E-state index in [1.54, 1.807) is 6.20 Å². The number of aryl methyl sites for hydroxylation is 2. The molecule has 0 atom stereocenters. The van der Waals surface area contributed by atoms with Crippen molar-refractivity contribution in [3.63, 3.8) is 0 Å². The van der Waals surface area contributed by atoms with Crippen LogP contribution in [0.15, 0.2) is 36.7 Å². The van der Waals surface area contributed by atoms with E-state index in [9.17, 15) is 4.79 Å². The number of hydrogen-bond donors (Lipinski definition) is 2. The number of amides is 1. The molecular weight excluding hydrogens is 252 g/mol. The summed E-state index contributed by atoms with van der Waals surface area (Å²) in [7, 11) is 1.96. The molecule has 2 N–H and O–H groups in total. The zero-order chi connectivity index (χ0) is 14.4. The Morgan fingerprint density at radius 3 is 2.70 bits per heavy atom. The quantitative estimate of drug-likeness (QED) is 0.783. The normalized spacial score (nSPS) is 10.5. The Hall–Kier alpha value is -2.14. The summed E-state index contributed by atoms with van der Waals surface area (Å²) in [6.45, 7) is 3.05. The smallest absolute Gasteiger partial charge is 0.238 e. The molecule has 20 heavy (non-hydrogen) atoms. The first-order valence-corrected chi connectivity index (χ1v) is 6.68. The zero-order valence-electron chi connectivity index (χ0n) is 11.9. The summed E-state index contributed by atoms with van der Waals surface area (Å²) < 4.78 is 1.98. The summed E-state index contributed by atoms with van der Waals surface area (Å²) in [6, 6.07) is 7.76. The number of nitrogens with one attached hydrogen (secondary N) is 2. The summed E-state index contributed by atoms with van der Waals surface area (Å²) in [5, 5.41) is 5.97. The Labute approximate surface area is 119 Å². The number of carbonyl (C=O) groups is 1. The maximum atomic E-state index is 11.7. The van der Waals surface area contributed by atoms with E-state index in [0.29, 0.717) is 6.54 Å². The molecular formula is C15H20N4O. The van der Waals surface area contributed by atoms with Crippen LogP contribution in [-0.2, 0) is 18.3 Å². The molecule has 5 nitrogen and oxygen atoms in total. The first-order chi connectivity index (χ1) is 9.65. The number of nitrogens with zero attached hydrogens (tertiary/aromatic N) is 2. The summed E-state index contributed by atoms with van der Waals surface area (Å²) in [5.41, 5.74) is 2.00. The van der Waals surface area contributed by atoms with E-state index in [0.717, 1.165) is 24.5 Å². The van der Waals surface area contributed by atoms with Crippen molar-refractivity contribution in [2.45, 2.75) is 13.3 Å². The van der Waals surface area contributed by atoms with Gasteiger partial charge in [0, 0.05) is 38.1 Å². The Morgan fingerprint density at radius 1 is 1.30 bits per heavy atom. The van der Waals surface area contributed by atoms with E-state index in [1.165, 1.54) is 5.56 Å². The minimum absolute atomic E-state index is 0.0336. The molecule has 0 fully saturated rings. The average molecular weight is 272 g/mol. The van der Waals surface area contributed by atoms with Crippen LogP contribution in [0.5, 0.6) is 0 Å². The maximum absolute atomic E-state index is 11.7. The van der Waals surface area contributed by atoms with Gasteiger partial charge in [-0.05, 0) is 19.1 Å². The monoisotopic (exact) mass is 272 g/mol. The van der Waals surface area contributed by atoms with Crippen LogP contribution in [0.1, 0.15) is 11.4 Å². The fraction of sp³-hybridized carbons (Fsp3) is 0.333. The lowest BCUT2D eigenvalue weighted by Gasteiger charge is -2.07. The van der Waals surface area contributed by atoms with Gasteiger partial charge in [0.15, 0.2) is 0 Å². The van der Waals surface area contributed by atoms with Crippen molar-refractivity contribution in [2.24, 2.45) is 7.05 Å². The van der Waals surface area contributed by atoms with Crippen LogP contribution in [-0.4, -0.2) is 28.5 Å². The van der Waals surface area contributed by atoms with Crippen LogP contribution in [0.3, 0.4) is 0 Å². The number of aromatic nitrogens is 2. The lowest BCUT2D eigenvalue weighted by Crippen LogP contribution is -2.29. The third-order valence-corrected chi connectivity index (χ3v) is 3.07. The minimum atomic E-state index is -0.0336. The molecule has 2 rings (SSSR count). The fourth-order valence-electron chi connectivity index (χ4n) is 1.88. The van der Waals surface area contributed by atoms with Crippen LogP contribution >= 0.6 is 0 Å². The number of hydrogen-bond acceptors (Lipinski definition) is 3. The Balaban J connectivity index is 1.68. The minimum Gasteiger partial charge on any atom is -0.338 e. The molecule has 0 bridgehead atoms. The highest BCUT2D eigenvalue weighted by Gasteiger charge is 2.03. The molecule has 106 valence electrons. The second kappa shape index (κ2) is 6.86. The van der Waals surface area contributed by atoms with Crippen molar-refractivity contribution in [1.82, 2.24) is 14.9 Å². The van der Waals surface area contributed by atoms with Gasteiger partial charge in [0.1, 0.15) is 5.82 Å². The summed E-state index contributed by atoms with van der Waals surface area (Å²) in [5.74, 6) is 0.977. The van der Waals surface area contributed by atoms with Gasteiger partial charge >= 0.3 is 0 Å². The molecule has 2 aromatic rings. The van der Waals surface area contributed by atoms with Gasteiger partial charge in [-0.15, -0.1) is 0 Å². The third-order valence-electron chi connectivity index (χ3n) is 3.07. The van der Waals surface area contributed by atoms with Crippen LogP contribution in [0, 0.1) is 6.92 Å². The molecule has 0 radical (unpaired) electrons. The highest BCUT2D eigenvalue weighted by atomic mass is 16.1. The van der Waals surface area contributed by atoms with Gasteiger partial charge in [-0.25, -0.2) is 4.98 Å². The van der Waals surface area contributed by atoms with Crippen LogP contribution in [0.2, 0.25) is 0 Å². The number of imidazole rings is 1. The predicted molar refractivity (Wildman–Crippen MR) is 79.6 cm³/mol. The van der Waals surface area contributed by atoms with Crippen molar-refractivity contribution in [2.75, 3.05) is 18.4 Å². The molecule has 1 heterocycles. The van der Waals surface area contributed by atoms with E-state index in [2.05, 4.69) is 15.6 Å². The molecule has 0 aliphatic rings. The topological polar surface area (TPSA) is 59.0 Å². The lowest BCUT2D eigenvalue weighted by atomic mass is 10.2. The van der Waals surface area contributed by atoms with E-state index in [-0.39, 0.29) is 5.91 Å². The number of benzene rings is 1. The molecule has 0 aliphatic carbocycles. The molecule has 1 aromatic heterocycles. The van der Waals surface area contributed by atoms with Gasteiger partial charge in [-0.1, -0.05) is 17.7 Å². The van der Waals surface area contributed by atoms with Gasteiger partial charge in [0.2, 0.25) is 5.91 Å². The van der Waals surface area contributed by atoms with Crippen LogP contribution in [0.4, 0.5) is 5.69 Å². The molecule has 1 aromatic carbocycles. The zero-order valence-corrected chi connectivity index (χ0v) is 11.9. The van der Waals surface area contributed by atoms with E-state index in [4.69, 9.17) is 0 Å². The van der Waals surface area contributed by atoms with Gasteiger partial charge < -0.3 is 15.2 Å². The summed E-state index contributed by atoms with van der Waals surface area (Å²) >= 11 is 0. The highest BCUT2D eigenvalue weighted by molar-refractivity contribution is 5.92. The molecule has 0 aliphatic heterocycles. The molecule has 0 saturated carbocycles. The first-order valence-electron chi connectivity index (χ1n) is 6.68.